The molecule has 0 saturated carbocycles. The molecule has 0 saturated heterocycles. The first kappa shape index (κ1) is 25.0. The van der Waals surface area contributed by atoms with Gasteiger partial charge in [0, 0.05) is 40.2 Å². The van der Waals surface area contributed by atoms with Crippen molar-refractivity contribution in [1.82, 2.24) is 5.32 Å². The molecule has 10 heteroatoms. The van der Waals surface area contributed by atoms with Gasteiger partial charge in [0.05, 0.1) is 11.6 Å². The van der Waals surface area contributed by atoms with E-state index in [0.717, 1.165) is 5.56 Å². The third kappa shape index (κ3) is 6.31. The van der Waals surface area contributed by atoms with Crippen LogP contribution in [-0.2, 0) is 11.2 Å². The maximum atomic E-state index is 12.5. The minimum absolute atomic E-state index is 0.230. The molecule has 3 aromatic rings. The van der Waals surface area contributed by atoms with Crippen LogP contribution in [0.1, 0.15) is 34.0 Å². The summed E-state index contributed by atoms with van der Waals surface area (Å²) < 4.78 is 16.4. The Morgan fingerprint density at radius 1 is 1.03 bits per heavy atom. The highest BCUT2D eigenvalue weighted by molar-refractivity contribution is 6.35. The fourth-order valence-electron chi connectivity index (χ4n) is 3.62. The number of ether oxygens (including phenoxy) is 3. The number of carboxylic acid groups (broad SMARTS) is 1. The topological polar surface area (TPSA) is 94.1 Å². The van der Waals surface area contributed by atoms with Crippen LogP contribution in [0.3, 0.4) is 0 Å². The second-order valence-electron chi connectivity index (χ2n) is 7.70. The molecule has 1 aliphatic rings. The van der Waals surface area contributed by atoms with Gasteiger partial charge in [-0.15, -0.1) is 0 Å². The van der Waals surface area contributed by atoms with Crippen molar-refractivity contribution in [2.75, 3.05) is 13.2 Å². The molecule has 1 aliphatic heterocycles. The largest absolute Gasteiger partial charge is 0.506 e. The summed E-state index contributed by atoms with van der Waals surface area (Å²) in [5, 5.41) is 13.2. The highest BCUT2D eigenvalue weighted by Gasteiger charge is 2.27. The molecule has 0 aromatic heterocycles. The molecule has 35 heavy (non-hydrogen) atoms. The van der Waals surface area contributed by atoms with Crippen LogP contribution in [0.5, 0.6) is 17.2 Å². The van der Waals surface area contributed by atoms with Gasteiger partial charge in [0.15, 0.2) is 0 Å². The zero-order chi connectivity index (χ0) is 24.9. The predicted molar refractivity (Wildman–Crippen MR) is 132 cm³/mol. The molecule has 1 unspecified atom stereocenters. The highest BCUT2D eigenvalue weighted by Crippen LogP contribution is 2.42. The summed E-state index contributed by atoms with van der Waals surface area (Å²) >= 11 is 18.4. The Bertz CT molecular complexity index is 1250. The first-order valence-corrected chi connectivity index (χ1v) is 11.8. The summed E-state index contributed by atoms with van der Waals surface area (Å²) in [7, 11) is 0. The van der Waals surface area contributed by atoms with E-state index in [1.54, 1.807) is 48.5 Å². The van der Waals surface area contributed by atoms with Crippen molar-refractivity contribution in [3.05, 3.63) is 86.4 Å². The molecule has 4 rings (SSSR count). The number of hydrogen-bond donors (Lipinski definition) is 2. The minimum Gasteiger partial charge on any atom is -0.493 e. The molecule has 0 aliphatic carbocycles. The fourth-order valence-corrected chi connectivity index (χ4v) is 4.33. The summed E-state index contributed by atoms with van der Waals surface area (Å²) in [5.41, 5.74) is 1.91. The lowest BCUT2D eigenvalue weighted by Crippen LogP contribution is -2.25. The number of fused-ring (bicyclic) bond motifs is 1. The minimum atomic E-state index is -1.36. The van der Waals surface area contributed by atoms with Crippen LogP contribution in [0.2, 0.25) is 15.1 Å². The van der Waals surface area contributed by atoms with E-state index < -0.39 is 12.3 Å². The number of carbonyl (C=O) groups excluding carboxylic acids is 1. The van der Waals surface area contributed by atoms with E-state index in [1.807, 2.05) is 6.07 Å². The van der Waals surface area contributed by atoms with Gasteiger partial charge in [-0.25, -0.2) is 4.79 Å². The number of halogens is 3. The van der Waals surface area contributed by atoms with Gasteiger partial charge in [-0.05, 0) is 54.4 Å². The van der Waals surface area contributed by atoms with Gasteiger partial charge in [-0.3, -0.25) is 4.79 Å². The lowest BCUT2D eigenvalue weighted by molar-refractivity contribution is 0.0326. The lowest BCUT2D eigenvalue weighted by atomic mass is 10.0. The van der Waals surface area contributed by atoms with Crippen molar-refractivity contribution in [3.8, 4) is 17.2 Å². The molecular weight excluding hydrogens is 517 g/mol. The van der Waals surface area contributed by atoms with Crippen LogP contribution in [-0.4, -0.2) is 30.3 Å². The predicted octanol–water partition coefficient (Wildman–Crippen LogP) is 6.93. The molecule has 1 amide bonds. The van der Waals surface area contributed by atoms with Crippen LogP contribution in [0, 0.1) is 0 Å². The Kier molecular flexibility index (Phi) is 7.90. The van der Waals surface area contributed by atoms with Gasteiger partial charge in [-0.2, -0.15) is 0 Å². The molecule has 0 fully saturated rings. The van der Waals surface area contributed by atoms with Gasteiger partial charge in [0.2, 0.25) is 0 Å². The molecule has 182 valence electrons. The fraction of sp³-hybridized carbons (Fsp3) is 0.200. The van der Waals surface area contributed by atoms with E-state index in [4.69, 9.17) is 54.1 Å². The normalized spacial score (nSPS) is 14.4. The average molecular weight is 537 g/mol. The first-order valence-electron chi connectivity index (χ1n) is 10.7. The van der Waals surface area contributed by atoms with Crippen LogP contribution in [0.15, 0.2) is 54.6 Å². The number of amides is 1. The van der Waals surface area contributed by atoms with Crippen LogP contribution < -0.4 is 14.8 Å². The second-order valence-corrected chi connectivity index (χ2v) is 8.95. The second kappa shape index (κ2) is 11.1. The zero-order valence-corrected chi connectivity index (χ0v) is 20.5. The third-order valence-electron chi connectivity index (χ3n) is 5.33. The molecule has 0 radical (unpaired) electrons. The standard InChI is InChI=1S/C25H20Cl3NO6/c26-16-4-1-14(19(27)11-16)7-9-29-24(30)15-2-5-17(6-3-15)34-23-13-22-18(12-20(23)28)21(8-10-33-22)35-25(31)32/h1-6,11-13,21H,7-10H2,(H,29,30)(H,31,32). The van der Waals surface area contributed by atoms with Gasteiger partial charge >= 0.3 is 6.16 Å². The van der Waals surface area contributed by atoms with Crippen molar-refractivity contribution in [3.63, 3.8) is 0 Å². The smallest absolute Gasteiger partial charge is 0.493 e. The summed E-state index contributed by atoms with van der Waals surface area (Å²) in [6, 6.07) is 15.0. The molecule has 3 aromatic carbocycles. The summed E-state index contributed by atoms with van der Waals surface area (Å²) in [6.07, 6.45) is -1.06. The van der Waals surface area contributed by atoms with E-state index >= 15 is 0 Å². The van der Waals surface area contributed by atoms with E-state index in [1.165, 1.54) is 0 Å². The third-order valence-corrected chi connectivity index (χ3v) is 6.21. The summed E-state index contributed by atoms with van der Waals surface area (Å²) in [6.45, 7) is 0.718. The van der Waals surface area contributed by atoms with E-state index in [0.29, 0.717) is 64.4 Å². The van der Waals surface area contributed by atoms with Gasteiger partial charge in [0.1, 0.15) is 23.4 Å². The zero-order valence-electron chi connectivity index (χ0n) is 18.2. The maximum Gasteiger partial charge on any atom is 0.506 e. The van der Waals surface area contributed by atoms with E-state index in [9.17, 15) is 9.59 Å². The van der Waals surface area contributed by atoms with Crippen molar-refractivity contribution in [2.45, 2.75) is 18.9 Å². The molecule has 1 atom stereocenters. The molecular formula is C25H20Cl3NO6. The van der Waals surface area contributed by atoms with Gasteiger partial charge < -0.3 is 24.6 Å². The average Bonchev–Trinajstić information content (AvgIpc) is 2.81. The number of nitrogens with one attached hydrogen (secondary N) is 1. The number of hydrogen-bond acceptors (Lipinski definition) is 5. The number of benzene rings is 3. The van der Waals surface area contributed by atoms with Crippen molar-refractivity contribution < 1.29 is 28.9 Å². The van der Waals surface area contributed by atoms with Crippen LogP contribution >= 0.6 is 34.8 Å². The number of rotatable bonds is 7. The van der Waals surface area contributed by atoms with Gasteiger partial charge in [0.25, 0.3) is 5.91 Å². The summed E-state index contributed by atoms with van der Waals surface area (Å²) in [4.78, 5) is 23.4. The van der Waals surface area contributed by atoms with Crippen molar-refractivity contribution in [2.24, 2.45) is 0 Å². The Hall–Kier alpha value is -3.13. The van der Waals surface area contributed by atoms with E-state index in [-0.39, 0.29) is 10.9 Å². The Balaban J connectivity index is 1.37. The SMILES string of the molecule is O=C(O)OC1CCOc2cc(Oc3ccc(C(=O)NCCc4ccc(Cl)cc4Cl)cc3)c(Cl)cc21. The van der Waals surface area contributed by atoms with Crippen molar-refractivity contribution in [1.29, 1.82) is 0 Å². The Morgan fingerprint density at radius 3 is 2.51 bits per heavy atom. The van der Waals surface area contributed by atoms with Crippen LogP contribution in [0.4, 0.5) is 4.79 Å². The summed E-state index contributed by atoms with van der Waals surface area (Å²) in [5.74, 6) is 1.01. The lowest BCUT2D eigenvalue weighted by Gasteiger charge is -2.25. The molecule has 0 spiro atoms. The van der Waals surface area contributed by atoms with E-state index in [2.05, 4.69) is 5.32 Å². The van der Waals surface area contributed by atoms with Gasteiger partial charge in [-0.1, -0.05) is 40.9 Å². The molecule has 2 N–H and O–H groups in total. The monoisotopic (exact) mass is 535 g/mol. The Labute approximate surface area is 216 Å². The number of carbonyl (C=O) groups is 2. The highest BCUT2D eigenvalue weighted by atomic mass is 35.5. The quantitative estimate of drug-likeness (QED) is 0.318. The molecule has 1 heterocycles. The Morgan fingerprint density at radius 2 is 1.80 bits per heavy atom. The first-order chi connectivity index (χ1) is 16.8. The maximum absolute atomic E-state index is 12.5. The molecule has 0 bridgehead atoms. The van der Waals surface area contributed by atoms with Crippen molar-refractivity contribution >= 4 is 46.9 Å². The van der Waals surface area contributed by atoms with Crippen LogP contribution in [0.25, 0.3) is 0 Å². The molecule has 7 nitrogen and oxygen atoms in total.